The van der Waals surface area contributed by atoms with Crippen molar-refractivity contribution in [2.45, 2.75) is 30.1 Å². The number of amides is 1. The quantitative estimate of drug-likeness (QED) is 0.278. The fraction of sp³-hybridized carbons (Fsp3) is 0.278. The Kier molecular flexibility index (Phi) is 7.78. The monoisotopic (exact) mass is 456 g/mol. The summed E-state index contributed by atoms with van der Waals surface area (Å²) in [5.74, 6) is -2.18. The minimum absolute atomic E-state index is 0.0796. The maximum atomic E-state index is 13.0. The first-order chi connectivity index (χ1) is 13.7. The number of ether oxygens (including phenoxy) is 1. The van der Waals surface area contributed by atoms with E-state index in [1.807, 2.05) is 5.40 Å². The molecule has 2 rings (SSSR count). The number of thiophene rings is 1. The molecule has 0 aliphatic rings. The molecule has 0 radical (unpaired) electrons. The van der Waals surface area contributed by atoms with Gasteiger partial charge in [0.15, 0.2) is 9.84 Å². The summed E-state index contributed by atoms with van der Waals surface area (Å²) < 4.78 is 42.5. The van der Waals surface area contributed by atoms with Gasteiger partial charge in [-0.2, -0.15) is 5.26 Å². The van der Waals surface area contributed by atoms with E-state index in [0.29, 0.717) is 10.5 Å². The number of thioether (sulfide) groups is 1. The number of nitriles is 1. The minimum Gasteiger partial charge on any atom is -0.462 e. The number of carbonyl (C=O) groups excluding carboxylic acids is 2. The molecule has 2 aromatic rings. The normalized spacial score (nSPS) is 11.0. The Morgan fingerprint density at radius 2 is 1.97 bits per heavy atom. The highest BCUT2D eigenvalue weighted by molar-refractivity contribution is 8.04. The van der Waals surface area contributed by atoms with Crippen LogP contribution in [0.4, 0.5) is 9.39 Å². The zero-order valence-electron chi connectivity index (χ0n) is 15.5. The lowest BCUT2D eigenvalue weighted by molar-refractivity contribution is -0.115. The van der Waals surface area contributed by atoms with Crippen LogP contribution in [0, 0.1) is 23.4 Å². The van der Waals surface area contributed by atoms with Crippen molar-refractivity contribution in [2.24, 2.45) is 0 Å². The number of nitrogens with one attached hydrogen (secondary N) is 1. The summed E-state index contributed by atoms with van der Waals surface area (Å²) >= 11 is 1.75. The summed E-state index contributed by atoms with van der Waals surface area (Å²) in [4.78, 5) is 24.9. The number of esters is 1. The summed E-state index contributed by atoms with van der Waals surface area (Å²) in [6.07, 6.45) is -0.345. The zero-order valence-corrected chi connectivity index (χ0v) is 18.0. The van der Waals surface area contributed by atoms with Crippen LogP contribution < -0.4 is 5.32 Å². The average Bonchev–Trinajstić information content (AvgIpc) is 2.97. The second-order valence-corrected chi connectivity index (χ2v) is 9.62. The smallest absolute Gasteiger partial charge is 0.348 e. The standard InChI is InChI=1S/C18H17FN2O5S3/c1-3-26-18(23)16-11(2)15(27-10-20)17(28-16)21-14(22)8-9-29(24,25)13-6-4-12(19)5-7-13/h4-7H,3,8-9H2,1-2H3,(H,21,22). The van der Waals surface area contributed by atoms with Crippen LogP contribution in [-0.2, 0) is 19.4 Å². The second kappa shape index (κ2) is 9.87. The van der Waals surface area contributed by atoms with Gasteiger partial charge in [0.2, 0.25) is 5.91 Å². The first-order valence-corrected chi connectivity index (χ1v) is 11.6. The van der Waals surface area contributed by atoms with Gasteiger partial charge in [-0.15, -0.1) is 11.3 Å². The Balaban J connectivity index is 2.13. The van der Waals surface area contributed by atoms with Crippen LogP contribution in [-0.4, -0.2) is 32.7 Å². The molecule has 1 aromatic carbocycles. The van der Waals surface area contributed by atoms with Gasteiger partial charge in [0, 0.05) is 6.42 Å². The third-order valence-electron chi connectivity index (χ3n) is 3.72. The predicted molar refractivity (Wildman–Crippen MR) is 108 cm³/mol. The van der Waals surface area contributed by atoms with Crippen molar-refractivity contribution in [2.75, 3.05) is 17.7 Å². The molecule has 0 saturated heterocycles. The lowest BCUT2D eigenvalue weighted by Gasteiger charge is -2.06. The van der Waals surface area contributed by atoms with E-state index in [2.05, 4.69) is 5.32 Å². The highest BCUT2D eigenvalue weighted by atomic mass is 32.2. The first kappa shape index (κ1) is 22.9. The van der Waals surface area contributed by atoms with Gasteiger partial charge in [0.1, 0.15) is 21.1 Å². The van der Waals surface area contributed by atoms with Gasteiger partial charge in [-0.25, -0.2) is 17.6 Å². The fourth-order valence-electron chi connectivity index (χ4n) is 2.32. The van der Waals surface area contributed by atoms with Crippen LogP contribution >= 0.6 is 23.1 Å². The molecule has 0 atom stereocenters. The molecular formula is C18H17FN2O5S3. The van der Waals surface area contributed by atoms with Crippen molar-refractivity contribution < 1.29 is 27.1 Å². The van der Waals surface area contributed by atoms with Crippen LogP contribution in [0.1, 0.15) is 28.6 Å². The van der Waals surface area contributed by atoms with Gasteiger partial charge in [0.25, 0.3) is 0 Å². The molecule has 0 saturated carbocycles. The number of benzene rings is 1. The van der Waals surface area contributed by atoms with Gasteiger partial charge in [-0.05, 0) is 55.4 Å². The number of hydrogen-bond acceptors (Lipinski definition) is 8. The van der Waals surface area contributed by atoms with Gasteiger partial charge < -0.3 is 10.1 Å². The summed E-state index contributed by atoms with van der Waals surface area (Å²) in [6.45, 7) is 3.48. The molecule has 11 heteroatoms. The van der Waals surface area contributed by atoms with E-state index in [9.17, 15) is 22.4 Å². The molecule has 29 heavy (non-hydrogen) atoms. The third kappa shape index (κ3) is 5.79. The van der Waals surface area contributed by atoms with E-state index in [-0.39, 0.29) is 27.8 Å². The molecule has 1 heterocycles. The molecule has 1 N–H and O–H groups in total. The maximum absolute atomic E-state index is 13.0. The molecule has 7 nitrogen and oxygen atoms in total. The van der Waals surface area contributed by atoms with Gasteiger partial charge in [0.05, 0.1) is 22.2 Å². The summed E-state index contributed by atoms with van der Waals surface area (Å²) in [5, 5.41) is 13.7. The van der Waals surface area contributed by atoms with Crippen LogP contribution in [0.25, 0.3) is 0 Å². The molecular weight excluding hydrogens is 439 g/mol. The fourth-order valence-corrected chi connectivity index (χ4v) is 5.37. The van der Waals surface area contributed by atoms with E-state index in [4.69, 9.17) is 10.00 Å². The van der Waals surface area contributed by atoms with E-state index in [1.54, 1.807) is 13.8 Å². The number of halogens is 1. The topological polar surface area (TPSA) is 113 Å². The van der Waals surface area contributed by atoms with Crippen molar-refractivity contribution in [3.63, 3.8) is 0 Å². The summed E-state index contributed by atoms with van der Waals surface area (Å²) in [5.41, 5.74) is 0.509. The lowest BCUT2D eigenvalue weighted by atomic mass is 10.3. The number of nitrogens with zero attached hydrogens (tertiary/aromatic N) is 1. The molecule has 0 aliphatic carbocycles. The van der Waals surface area contributed by atoms with Crippen molar-refractivity contribution in [1.29, 1.82) is 5.26 Å². The van der Waals surface area contributed by atoms with Crippen LogP contribution in [0.15, 0.2) is 34.1 Å². The summed E-state index contributed by atoms with van der Waals surface area (Å²) in [7, 11) is -3.76. The average molecular weight is 457 g/mol. The van der Waals surface area contributed by atoms with E-state index < -0.39 is 33.3 Å². The van der Waals surface area contributed by atoms with Crippen molar-refractivity contribution in [1.82, 2.24) is 0 Å². The Morgan fingerprint density at radius 1 is 1.31 bits per heavy atom. The van der Waals surface area contributed by atoms with E-state index in [0.717, 1.165) is 47.4 Å². The highest BCUT2D eigenvalue weighted by Gasteiger charge is 2.23. The molecule has 154 valence electrons. The largest absolute Gasteiger partial charge is 0.462 e. The van der Waals surface area contributed by atoms with Crippen LogP contribution in [0.5, 0.6) is 0 Å². The molecule has 1 amide bonds. The Morgan fingerprint density at radius 3 is 2.55 bits per heavy atom. The number of hydrogen-bond donors (Lipinski definition) is 1. The summed E-state index contributed by atoms with van der Waals surface area (Å²) in [6, 6.07) is 4.34. The van der Waals surface area contributed by atoms with Crippen LogP contribution in [0.3, 0.4) is 0 Å². The third-order valence-corrected chi connectivity index (χ3v) is 7.58. The number of anilines is 1. The molecule has 0 spiro atoms. The molecule has 0 fully saturated rings. The predicted octanol–water partition coefficient (Wildman–Crippen LogP) is 3.75. The van der Waals surface area contributed by atoms with Gasteiger partial charge in [-0.3, -0.25) is 4.79 Å². The Bertz CT molecular complexity index is 1060. The number of carbonyl (C=O) groups is 2. The number of sulfone groups is 1. The molecule has 0 unspecified atom stereocenters. The minimum atomic E-state index is -3.76. The van der Waals surface area contributed by atoms with Crippen LogP contribution in [0.2, 0.25) is 0 Å². The first-order valence-electron chi connectivity index (χ1n) is 8.34. The Hall–Kier alpha value is -2.42. The number of rotatable bonds is 8. The molecule has 0 aliphatic heterocycles. The number of thiocyanates is 1. The van der Waals surface area contributed by atoms with Crippen molar-refractivity contribution >= 4 is 49.8 Å². The maximum Gasteiger partial charge on any atom is 0.348 e. The van der Waals surface area contributed by atoms with Gasteiger partial charge in [-0.1, -0.05) is 0 Å². The second-order valence-electron chi connectivity index (χ2n) is 5.70. The van der Waals surface area contributed by atoms with Crippen molar-refractivity contribution in [3.8, 4) is 5.40 Å². The van der Waals surface area contributed by atoms with E-state index in [1.165, 1.54) is 0 Å². The zero-order chi connectivity index (χ0) is 21.6. The lowest BCUT2D eigenvalue weighted by Crippen LogP contribution is -2.17. The molecule has 1 aromatic heterocycles. The van der Waals surface area contributed by atoms with E-state index >= 15 is 0 Å². The van der Waals surface area contributed by atoms with Gasteiger partial charge >= 0.3 is 5.97 Å². The molecule has 0 bridgehead atoms. The highest BCUT2D eigenvalue weighted by Crippen LogP contribution is 2.40. The van der Waals surface area contributed by atoms with Crippen molar-refractivity contribution in [3.05, 3.63) is 40.5 Å². The SMILES string of the molecule is CCOC(=O)c1sc(NC(=O)CCS(=O)(=O)c2ccc(F)cc2)c(SC#N)c1C. The Labute approximate surface area is 175 Å².